The summed E-state index contributed by atoms with van der Waals surface area (Å²) in [6, 6.07) is 4.78. The van der Waals surface area contributed by atoms with Crippen molar-refractivity contribution in [3.05, 3.63) is 28.8 Å². The number of hydrogen-bond donors (Lipinski definition) is 3. The Hall–Kier alpha value is -0.770. The molecule has 13 heavy (non-hydrogen) atoms. The number of phenols is 1. The third-order valence-corrected chi connectivity index (χ3v) is 2.23. The van der Waals surface area contributed by atoms with Gasteiger partial charge in [0.2, 0.25) is 0 Å². The molecule has 3 N–H and O–H groups in total. The maximum atomic E-state index is 9.55. The van der Waals surface area contributed by atoms with Crippen LogP contribution >= 0.6 is 11.6 Å². The zero-order valence-corrected chi connectivity index (χ0v) is 8.04. The second-order valence-electron chi connectivity index (χ2n) is 2.70. The minimum atomic E-state index is -0.279. The van der Waals surface area contributed by atoms with Crippen LogP contribution < -0.4 is 5.32 Å². The highest BCUT2D eigenvalue weighted by molar-refractivity contribution is 6.32. The molecule has 72 valence electrons. The van der Waals surface area contributed by atoms with Gasteiger partial charge in [-0.15, -0.1) is 0 Å². The van der Waals surface area contributed by atoms with Crippen LogP contribution in [0.5, 0.6) is 5.75 Å². The minimum Gasteiger partial charge on any atom is -0.506 e. The van der Waals surface area contributed by atoms with Crippen molar-refractivity contribution in [3.8, 4) is 5.75 Å². The maximum absolute atomic E-state index is 9.55. The molecule has 0 heterocycles. The summed E-state index contributed by atoms with van der Waals surface area (Å²) in [5, 5.41) is 21.7. The highest BCUT2D eigenvalue weighted by atomic mass is 35.5. The Balaban J connectivity index is 3.05. The average Bonchev–Trinajstić information content (AvgIpc) is 2.14. The van der Waals surface area contributed by atoms with E-state index in [9.17, 15) is 5.11 Å². The lowest BCUT2D eigenvalue weighted by Gasteiger charge is -2.15. The van der Waals surface area contributed by atoms with Gasteiger partial charge in [-0.2, -0.15) is 0 Å². The number of phenolic OH excluding ortho intramolecular Hbond substituents is 1. The molecule has 0 aliphatic heterocycles. The van der Waals surface area contributed by atoms with E-state index in [2.05, 4.69) is 5.32 Å². The fourth-order valence-corrected chi connectivity index (χ4v) is 1.34. The zero-order chi connectivity index (χ0) is 9.84. The SMILES string of the molecule is CNC(CO)c1cccc(Cl)c1O. The summed E-state index contributed by atoms with van der Waals surface area (Å²) in [7, 11) is 1.71. The van der Waals surface area contributed by atoms with E-state index >= 15 is 0 Å². The average molecular weight is 202 g/mol. The van der Waals surface area contributed by atoms with Crippen molar-refractivity contribution in [2.75, 3.05) is 13.7 Å². The standard InChI is InChI=1S/C9H12ClNO2/c1-11-8(5-12)6-3-2-4-7(10)9(6)13/h2-4,8,11-13H,5H2,1H3. The van der Waals surface area contributed by atoms with Crippen LogP contribution in [0, 0.1) is 0 Å². The van der Waals surface area contributed by atoms with Crippen LogP contribution in [0.25, 0.3) is 0 Å². The van der Waals surface area contributed by atoms with Gasteiger partial charge < -0.3 is 15.5 Å². The van der Waals surface area contributed by atoms with E-state index in [1.54, 1.807) is 25.2 Å². The van der Waals surface area contributed by atoms with Crippen LogP contribution in [0.15, 0.2) is 18.2 Å². The third kappa shape index (κ3) is 2.12. The van der Waals surface area contributed by atoms with E-state index in [4.69, 9.17) is 16.7 Å². The summed E-state index contributed by atoms with van der Waals surface area (Å²) >= 11 is 5.71. The fourth-order valence-electron chi connectivity index (χ4n) is 1.16. The summed E-state index contributed by atoms with van der Waals surface area (Å²) in [6.45, 7) is -0.0790. The number of rotatable bonds is 3. The molecule has 0 amide bonds. The Kier molecular flexibility index (Phi) is 3.54. The first kappa shape index (κ1) is 10.3. The lowest BCUT2D eigenvalue weighted by molar-refractivity contribution is 0.248. The number of likely N-dealkylation sites (N-methyl/N-ethyl adjacent to an activating group) is 1. The third-order valence-electron chi connectivity index (χ3n) is 1.92. The number of aliphatic hydroxyl groups excluding tert-OH is 1. The van der Waals surface area contributed by atoms with Crippen molar-refractivity contribution in [2.24, 2.45) is 0 Å². The molecule has 0 bridgehead atoms. The van der Waals surface area contributed by atoms with Gasteiger partial charge in [0, 0.05) is 5.56 Å². The van der Waals surface area contributed by atoms with E-state index in [0.717, 1.165) is 0 Å². The molecule has 0 fully saturated rings. The predicted molar refractivity (Wildman–Crippen MR) is 52.0 cm³/mol. The van der Waals surface area contributed by atoms with Crippen LogP contribution in [-0.4, -0.2) is 23.9 Å². The van der Waals surface area contributed by atoms with Crippen LogP contribution in [0.3, 0.4) is 0 Å². The van der Waals surface area contributed by atoms with Crippen molar-refractivity contribution in [1.29, 1.82) is 0 Å². The first-order valence-electron chi connectivity index (χ1n) is 3.96. The van der Waals surface area contributed by atoms with Gasteiger partial charge >= 0.3 is 0 Å². The fraction of sp³-hybridized carbons (Fsp3) is 0.333. The van der Waals surface area contributed by atoms with Gasteiger partial charge in [0.05, 0.1) is 17.7 Å². The maximum Gasteiger partial charge on any atom is 0.139 e. The topological polar surface area (TPSA) is 52.5 Å². The largest absolute Gasteiger partial charge is 0.506 e. The molecule has 0 spiro atoms. The van der Waals surface area contributed by atoms with E-state index in [1.807, 2.05) is 0 Å². The quantitative estimate of drug-likeness (QED) is 0.691. The Morgan fingerprint density at radius 2 is 2.23 bits per heavy atom. The predicted octanol–water partition coefficient (Wildman–Crippen LogP) is 1.30. The van der Waals surface area contributed by atoms with Crippen LogP contribution in [0.4, 0.5) is 0 Å². The van der Waals surface area contributed by atoms with Gasteiger partial charge in [0.1, 0.15) is 5.75 Å². The molecule has 0 aliphatic rings. The summed E-state index contributed by atoms with van der Waals surface area (Å²) < 4.78 is 0. The summed E-state index contributed by atoms with van der Waals surface area (Å²) in [4.78, 5) is 0. The zero-order valence-electron chi connectivity index (χ0n) is 7.29. The molecule has 1 unspecified atom stereocenters. The number of benzene rings is 1. The van der Waals surface area contributed by atoms with Crippen molar-refractivity contribution in [3.63, 3.8) is 0 Å². The van der Waals surface area contributed by atoms with Crippen molar-refractivity contribution in [2.45, 2.75) is 6.04 Å². The molecular weight excluding hydrogens is 190 g/mol. The Morgan fingerprint density at radius 3 is 2.77 bits per heavy atom. The van der Waals surface area contributed by atoms with Crippen molar-refractivity contribution in [1.82, 2.24) is 5.32 Å². The Labute approximate surface area is 82.0 Å². The monoisotopic (exact) mass is 201 g/mol. The van der Waals surface area contributed by atoms with Crippen LogP contribution in [0.1, 0.15) is 11.6 Å². The van der Waals surface area contributed by atoms with Gasteiger partial charge in [0.25, 0.3) is 0 Å². The summed E-state index contributed by atoms with van der Waals surface area (Å²) in [5.74, 6) is 0.0255. The van der Waals surface area contributed by atoms with Crippen LogP contribution in [0.2, 0.25) is 5.02 Å². The van der Waals surface area contributed by atoms with Gasteiger partial charge in [-0.1, -0.05) is 23.7 Å². The molecule has 0 saturated heterocycles. The molecule has 0 saturated carbocycles. The molecule has 1 aromatic carbocycles. The van der Waals surface area contributed by atoms with Crippen molar-refractivity contribution < 1.29 is 10.2 Å². The second-order valence-corrected chi connectivity index (χ2v) is 3.11. The second kappa shape index (κ2) is 4.46. The van der Waals surface area contributed by atoms with Crippen LogP contribution in [-0.2, 0) is 0 Å². The minimum absolute atomic E-state index is 0.0255. The highest BCUT2D eigenvalue weighted by Gasteiger charge is 2.13. The molecule has 1 aromatic rings. The molecule has 0 aromatic heterocycles. The molecular formula is C9H12ClNO2. The molecule has 0 aliphatic carbocycles. The van der Waals surface area contributed by atoms with E-state index in [-0.39, 0.29) is 18.4 Å². The molecule has 4 heteroatoms. The van der Waals surface area contributed by atoms with E-state index < -0.39 is 0 Å². The normalized spacial score (nSPS) is 12.8. The lowest BCUT2D eigenvalue weighted by atomic mass is 10.1. The molecule has 1 atom stereocenters. The van der Waals surface area contributed by atoms with Gasteiger partial charge in [-0.3, -0.25) is 0 Å². The first-order valence-corrected chi connectivity index (χ1v) is 4.34. The Bertz CT molecular complexity index is 287. The number of para-hydroxylation sites is 1. The van der Waals surface area contributed by atoms with Gasteiger partial charge in [-0.05, 0) is 13.1 Å². The van der Waals surface area contributed by atoms with E-state index in [1.165, 1.54) is 0 Å². The molecule has 0 radical (unpaired) electrons. The highest BCUT2D eigenvalue weighted by Crippen LogP contribution is 2.30. The summed E-state index contributed by atoms with van der Waals surface area (Å²) in [5.41, 5.74) is 0.609. The Morgan fingerprint density at radius 1 is 1.54 bits per heavy atom. The van der Waals surface area contributed by atoms with Crippen molar-refractivity contribution >= 4 is 11.6 Å². The summed E-state index contributed by atoms with van der Waals surface area (Å²) in [6.07, 6.45) is 0. The van der Waals surface area contributed by atoms with Gasteiger partial charge in [0.15, 0.2) is 0 Å². The lowest BCUT2D eigenvalue weighted by Crippen LogP contribution is -2.19. The van der Waals surface area contributed by atoms with E-state index in [0.29, 0.717) is 10.6 Å². The number of halogens is 1. The molecule has 1 rings (SSSR count). The first-order chi connectivity index (χ1) is 6.20. The number of nitrogens with one attached hydrogen (secondary N) is 1. The number of hydrogen-bond acceptors (Lipinski definition) is 3. The smallest absolute Gasteiger partial charge is 0.139 e. The number of aromatic hydroxyl groups is 1. The van der Waals surface area contributed by atoms with Gasteiger partial charge in [-0.25, -0.2) is 0 Å². The molecule has 3 nitrogen and oxygen atoms in total. The number of aliphatic hydroxyl groups is 1.